The average molecular weight is 521 g/mol. The predicted octanol–water partition coefficient (Wildman–Crippen LogP) is 4.69. The Kier molecular flexibility index (Phi) is 8.09. The molecule has 1 unspecified atom stereocenters. The van der Waals surface area contributed by atoms with Gasteiger partial charge in [0.05, 0.1) is 36.3 Å². The summed E-state index contributed by atoms with van der Waals surface area (Å²) in [6, 6.07) is 20.3. The molecule has 8 heteroatoms. The van der Waals surface area contributed by atoms with Crippen LogP contribution in [0.2, 0.25) is 0 Å². The van der Waals surface area contributed by atoms with Gasteiger partial charge in [0.15, 0.2) is 11.6 Å². The van der Waals surface area contributed by atoms with Crippen LogP contribution in [0.25, 0.3) is 22.6 Å². The van der Waals surface area contributed by atoms with E-state index in [1.165, 1.54) is 10.7 Å². The second kappa shape index (κ2) is 12.0. The summed E-state index contributed by atoms with van der Waals surface area (Å²) in [7, 11) is 0. The number of nitriles is 1. The third kappa shape index (κ3) is 6.39. The number of benzene rings is 2. The molecule has 1 fully saturated rings. The maximum Gasteiger partial charge on any atom is 0.267 e. The Morgan fingerprint density at radius 1 is 1.03 bits per heavy atom. The van der Waals surface area contributed by atoms with Gasteiger partial charge in [0.25, 0.3) is 5.56 Å². The highest BCUT2D eigenvalue weighted by molar-refractivity contribution is 5.60. The summed E-state index contributed by atoms with van der Waals surface area (Å²) in [6.45, 7) is 6.76. The quantitative estimate of drug-likeness (QED) is 0.359. The zero-order chi connectivity index (χ0) is 27.2. The van der Waals surface area contributed by atoms with Gasteiger partial charge < -0.3 is 10.1 Å². The van der Waals surface area contributed by atoms with Crippen LogP contribution in [0.1, 0.15) is 37.8 Å². The monoisotopic (exact) mass is 520 g/mol. The van der Waals surface area contributed by atoms with Crippen LogP contribution in [0.15, 0.2) is 77.9 Å². The van der Waals surface area contributed by atoms with Crippen LogP contribution >= 0.6 is 0 Å². The maximum absolute atomic E-state index is 12.6. The third-order valence-electron chi connectivity index (χ3n) is 7.08. The molecule has 5 rings (SSSR count). The Morgan fingerprint density at radius 3 is 2.51 bits per heavy atom. The van der Waals surface area contributed by atoms with Crippen molar-refractivity contribution < 1.29 is 4.74 Å². The standard InChI is InChI=1S/C31H32N6O2/c1-21(2)30(24-11-13-33-14-12-24)39-27-18-34-31(35-19-27)26-8-4-6-23(16-26)20-37-29(38)10-9-28(36-37)25-7-3-5-22(15-25)17-32/h3-10,15-16,18-19,21,24,30,33H,11-14,20H2,1-2H3. The third-order valence-corrected chi connectivity index (χ3v) is 7.08. The topological polar surface area (TPSA) is 106 Å². The minimum atomic E-state index is -0.202. The lowest BCUT2D eigenvalue weighted by Gasteiger charge is -2.33. The van der Waals surface area contributed by atoms with Crippen LogP contribution in [0.4, 0.5) is 0 Å². The Bertz CT molecular complexity index is 1520. The molecule has 1 aliphatic rings. The summed E-state index contributed by atoms with van der Waals surface area (Å²) >= 11 is 0. The zero-order valence-electron chi connectivity index (χ0n) is 22.2. The van der Waals surface area contributed by atoms with E-state index in [1.54, 1.807) is 36.7 Å². The fraction of sp³-hybridized carbons (Fsp3) is 0.323. The van der Waals surface area contributed by atoms with E-state index < -0.39 is 0 Å². The number of nitrogens with one attached hydrogen (secondary N) is 1. The fourth-order valence-electron chi connectivity index (χ4n) is 5.08. The van der Waals surface area contributed by atoms with Crippen LogP contribution in [-0.2, 0) is 6.54 Å². The van der Waals surface area contributed by atoms with Crippen molar-refractivity contribution in [2.45, 2.75) is 39.3 Å². The molecule has 198 valence electrons. The number of rotatable bonds is 8. The van der Waals surface area contributed by atoms with Gasteiger partial charge in [-0.3, -0.25) is 4.79 Å². The first-order chi connectivity index (χ1) is 19.0. The molecule has 8 nitrogen and oxygen atoms in total. The van der Waals surface area contributed by atoms with E-state index in [4.69, 9.17) is 4.74 Å². The van der Waals surface area contributed by atoms with Crippen molar-refractivity contribution in [1.82, 2.24) is 25.1 Å². The van der Waals surface area contributed by atoms with Crippen LogP contribution in [-0.4, -0.2) is 38.9 Å². The second-order valence-electron chi connectivity index (χ2n) is 10.3. The number of ether oxygens (including phenoxy) is 1. The predicted molar refractivity (Wildman–Crippen MR) is 150 cm³/mol. The van der Waals surface area contributed by atoms with E-state index in [1.807, 2.05) is 30.3 Å². The van der Waals surface area contributed by atoms with E-state index in [0.717, 1.165) is 42.6 Å². The van der Waals surface area contributed by atoms with Gasteiger partial charge >= 0.3 is 0 Å². The van der Waals surface area contributed by atoms with Crippen LogP contribution in [0.3, 0.4) is 0 Å². The number of aromatic nitrogens is 4. The van der Waals surface area contributed by atoms with Crippen molar-refractivity contribution in [2.24, 2.45) is 11.8 Å². The maximum atomic E-state index is 12.6. The largest absolute Gasteiger partial charge is 0.487 e. The molecule has 1 saturated heterocycles. The van der Waals surface area contributed by atoms with Crippen molar-refractivity contribution in [1.29, 1.82) is 5.26 Å². The minimum absolute atomic E-state index is 0.133. The van der Waals surface area contributed by atoms with Gasteiger partial charge in [0.1, 0.15) is 6.10 Å². The summed E-state index contributed by atoms with van der Waals surface area (Å²) < 4.78 is 7.80. The normalized spacial score (nSPS) is 14.6. The Labute approximate surface area is 228 Å². The lowest BCUT2D eigenvalue weighted by Crippen LogP contribution is -2.39. The molecule has 0 saturated carbocycles. The summed E-state index contributed by atoms with van der Waals surface area (Å²) in [5, 5.41) is 17.2. The van der Waals surface area contributed by atoms with E-state index in [-0.39, 0.29) is 11.7 Å². The number of hydrogen-bond acceptors (Lipinski definition) is 7. The van der Waals surface area contributed by atoms with Crippen LogP contribution in [0.5, 0.6) is 5.75 Å². The van der Waals surface area contributed by atoms with Gasteiger partial charge in [-0.05, 0) is 67.6 Å². The lowest BCUT2D eigenvalue weighted by molar-refractivity contribution is 0.0713. The van der Waals surface area contributed by atoms with Crippen LogP contribution < -0.4 is 15.6 Å². The van der Waals surface area contributed by atoms with Gasteiger partial charge in [0.2, 0.25) is 0 Å². The van der Waals surface area contributed by atoms with Gasteiger partial charge in [0, 0.05) is 17.2 Å². The van der Waals surface area contributed by atoms with E-state index in [0.29, 0.717) is 41.2 Å². The molecule has 0 bridgehead atoms. The van der Waals surface area contributed by atoms with E-state index >= 15 is 0 Å². The lowest BCUT2D eigenvalue weighted by atomic mass is 9.86. The Morgan fingerprint density at radius 2 is 1.77 bits per heavy atom. The molecule has 1 N–H and O–H groups in total. The SMILES string of the molecule is CC(C)C(Oc1cnc(-c2cccc(Cn3nc(-c4cccc(C#N)c4)ccc3=O)c2)nc1)C1CCNCC1. The highest BCUT2D eigenvalue weighted by Gasteiger charge is 2.28. The summed E-state index contributed by atoms with van der Waals surface area (Å²) in [5.74, 6) is 2.19. The molecule has 2 aromatic carbocycles. The Hall–Kier alpha value is -4.35. The average Bonchev–Trinajstić information content (AvgIpc) is 2.98. The second-order valence-corrected chi connectivity index (χ2v) is 10.3. The molecule has 1 atom stereocenters. The first-order valence-electron chi connectivity index (χ1n) is 13.4. The molecular formula is C31H32N6O2. The molecule has 0 amide bonds. The van der Waals surface area contributed by atoms with Crippen molar-refractivity contribution in [3.05, 3.63) is 94.5 Å². The van der Waals surface area contributed by atoms with Gasteiger partial charge in [-0.2, -0.15) is 10.4 Å². The zero-order valence-corrected chi connectivity index (χ0v) is 22.2. The molecule has 39 heavy (non-hydrogen) atoms. The first kappa shape index (κ1) is 26.3. The van der Waals surface area contributed by atoms with Gasteiger partial charge in [-0.25, -0.2) is 14.6 Å². The molecule has 2 aromatic heterocycles. The molecule has 0 spiro atoms. The van der Waals surface area contributed by atoms with Crippen molar-refractivity contribution in [3.8, 4) is 34.5 Å². The van der Waals surface area contributed by atoms with Crippen molar-refractivity contribution >= 4 is 0 Å². The molecule has 4 aromatic rings. The smallest absolute Gasteiger partial charge is 0.267 e. The summed E-state index contributed by atoms with van der Waals surface area (Å²) in [4.78, 5) is 21.7. The molecule has 3 heterocycles. The molecule has 0 radical (unpaired) electrons. The molecule has 1 aliphatic heterocycles. The van der Waals surface area contributed by atoms with Gasteiger partial charge in [-0.1, -0.05) is 44.2 Å². The highest BCUT2D eigenvalue weighted by atomic mass is 16.5. The van der Waals surface area contributed by atoms with Crippen molar-refractivity contribution in [3.63, 3.8) is 0 Å². The summed E-state index contributed by atoms with van der Waals surface area (Å²) in [5.41, 5.74) is 3.51. The molecular weight excluding hydrogens is 488 g/mol. The molecule has 0 aliphatic carbocycles. The van der Waals surface area contributed by atoms with E-state index in [9.17, 15) is 10.1 Å². The number of piperidine rings is 1. The fourth-order valence-corrected chi connectivity index (χ4v) is 5.08. The van der Waals surface area contributed by atoms with Crippen molar-refractivity contribution in [2.75, 3.05) is 13.1 Å². The van der Waals surface area contributed by atoms with Crippen LogP contribution in [0, 0.1) is 23.2 Å². The first-order valence-corrected chi connectivity index (χ1v) is 13.4. The minimum Gasteiger partial charge on any atom is -0.487 e. The summed E-state index contributed by atoms with van der Waals surface area (Å²) in [6.07, 6.45) is 5.85. The number of hydrogen-bond donors (Lipinski definition) is 1. The highest BCUT2D eigenvalue weighted by Crippen LogP contribution is 2.27. The van der Waals surface area contributed by atoms with E-state index in [2.05, 4.69) is 40.3 Å². The van der Waals surface area contributed by atoms with Gasteiger partial charge in [-0.15, -0.1) is 0 Å². The Balaban J connectivity index is 1.32. The number of nitrogens with zero attached hydrogens (tertiary/aromatic N) is 5.